The van der Waals surface area contributed by atoms with E-state index in [2.05, 4.69) is 61.2 Å². The van der Waals surface area contributed by atoms with Crippen molar-refractivity contribution in [2.45, 2.75) is 4.90 Å². The third kappa shape index (κ3) is 1.78. The lowest BCUT2D eigenvalue weighted by molar-refractivity contribution is 1.48. The highest BCUT2D eigenvalue weighted by Crippen LogP contribution is 2.45. The van der Waals surface area contributed by atoms with Crippen molar-refractivity contribution in [3.63, 3.8) is 0 Å². The molecule has 0 amide bonds. The minimum atomic E-state index is -0.594. The van der Waals surface area contributed by atoms with Crippen LogP contribution in [0.3, 0.4) is 0 Å². The molecule has 0 bridgehead atoms. The van der Waals surface area contributed by atoms with Crippen LogP contribution in [-0.4, -0.2) is 18.8 Å². The van der Waals surface area contributed by atoms with Crippen molar-refractivity contribution in [2.75, 3.05) is 18.8 Å². The van der Waals surface area contributed by atoms with Crippen molar-refractivity contribution in [3.8, 4) is 0 Å². The van der Waals surface area contributed by atoms with Crippen LogP contribution in [0.15, 0.2) is 47.4 Å². The van der Waals surface area contributed by atoms with Gasteiger partial charge in [-0.25, -0.2) is 10.0 Å². The average molecular weight is 204 g/mol. The van der Waals surface area contributed by atoms with Crippen LogP contribution in [0.1, 0.15) is 0 Å². The van der Waals surface area contributed by atoms with E-state index < -0.39 is 10.0 Å². The lowest BCUT2D eigenvalue weighted by Gasteiger charge is -2.26. The molecular weight excluding hydrogens is 188 g/mol. The fraction of sp³-hybridized carbons (Fsp3) is 0.231. The van der Waals surface area contributed by atoms with E-state index in [0.717, 1.165) is 0 Å². The van der Waals surface area contributed by atoms with Gasteiger partial charge in [0.15, 0.2) is 0 Å². The Bertz CT molecular complexity index is 452. The highest BCUT2D eigenvalue weighted by molar-refractivity contribution is 8.32. The molecule has 0 N–H and O–H groups in total. The molecule has 14 heavy (non-hydrogen) atoms. The Balaban J connectivity index is 2.63. The maximum Gasteiger partial charge on any atom is -0.00999 e. The molecule has 74 valence electrons. The summed E-state index contributed by atoms with van der Waals surface area (Å²) < 4.78 is 0. The van der Waals surface area contributed by atoms with Gasteiger partial charge in [0.25, 0.3) is 0 Å². The molecule has 1 heteroatoms. The lowest BCUT2D eigenvalue weighted by Crippen LogP contribution is -1.92. The van der Waals surface area contributed by atoms with Crippen molar-refractivity contribution in [2.24, 2.45) is 0 Å². The monoisotopic (exact) mass is 204 g/mol. The molecule has 0 atom stereocenters. The first kappa shape index (κ1) is 9.60. The topological polar surface area (TPSA) is 0 Å². The maximum atomic E-state index is 2.33. The zero-order chi connectivity index (χ0) is 10.2. The molecule has 2 aromatic rings. The molecule has 0 spiro atoms. The Kier molecular flexibility index (Phi) is 2.28. The van der Waals surface area contributed by atoms with Crippen LogP contribution in [0.5, 0.6) is 0 Å². The summed E-state index contributed by atoms with van der Waals surface area (Å²) in [5.74, 6) is 0. The summed E-state index contributed by atoms with van der Waals surface area (Å²) >= 11 is 0. The highest BCUT2D eigenvalue weighted by Gasteiger charge is 2.07. The fourth-order valence-electron chi connectivity index (χ4n) is 1.55. The minimum absolute atomic E-state index is 0.594. The standard InChI is InChI=1S/C13H16S/c1-14(2,3)13-9-8-11-6-4-5-7-12(11)10-13/h4-10H,1-3H3. The fourth-order valence-corrected chi connectivity index (χ4v) is 2.51. The Morgan fingerprint density at radius 2 is 1.43 bits per heavy atom. The first-order valence-corrected chi connectivity index (χ1v) is 7.60. The summed E-state index contributed by atoms with van der Waals surface area (Å²) in [4.78, 5) is 1.48. The van der Waals surface area contributed by atoms with Gasteiger partial charge in [0, 0.05) is 0 Å². The van der Waals surface area contributed by atoms with Gasteiger partial charge in [0.1, 0.15) is 0 Å². The zero-order valence-corrected chi connectivity index (χ0v) is 9.77. The Labute approximate surface area is 87.3 Å². The summed E-state index contributed by atoms with van der Waals surface area (Å²) in [5.41, 5.74) is 0. The smallest absolute Gasteiger partial charge is 0.00999 e. The Morgan fingerprint density at radius 3 is 2.07 bits per heavy atom. The normalized spacial score (nSPS) is 13.1. The quantitative estimate of drug-likeness (QED) is 0.661. The molecule has 0 aromatic heterocycles. The van der Waals surface area contributed by atoms with Gasteiger partial charge in [0.05, 0.1) is 0 Å². The third-order valence-electron chi connectivity index (χ3n) is 2.43. The number of hydrogen-bond donors (Lipinski definition) is 0. The van der Waals surface area contributed by atoms with E-state index in [0.29, 0.717) is 0 Å². The highest BCUT2D eigenvalue weighted by atomic mass is 32.3. The molecule has 0 aliphatic heterocycles. The molecule has 0 heterocycles. The van der Waals surface area contributed by atoms with Crippen LogP contribution in [0.4, 0.5) is 0 Å². The number of rotatable bonds is 1. The van der Waals surface area contributed by atoms with Crippen LogP contribution >= 0.6 is 10.0 Å². The van der Waals surface area contributed by atoms with E-state index in [-0.39, 0.29) is 0 Å². The molecule has 0 aliphatic carbocycles. The first-order valence-electron chi connectivity index (χ1n) is 4.74. The summed E-state index contributed by atoms with van der Waals surface area (Å²) in [7, 11) is -0.594. The molecule has 0 fully saturated rings. The lowest BCUT2D eigenvalue weighted by atomic mass is 10.1. The Morgan fingerprint density at radius 1 is 0.786 bits per heavy atom. The second kappa shape index (κ2) is 3.32. The molecule has 0 saturated heterocycles. The van der Waals surface area contributed by atoms with Gasteiger partial charge in [-0.05, 0) is 46.6 Å². The zero-order valence-electron chi connectivity index (χ0n) is 8.95. The van der Waals surface area contributed by atoms with Crippen LogP contribution < -0.4 is 0 Å². The van der Waals surface area contributed by atoms with Gasteiger partial charge < -0.3 is 0 Å². The Hall–Kier alpha value is -0.950. The van der Waals surface area contributed by atoms with Crippen molar-refractivity contribution in [3.05, 3.63) is 42.5 Å². The van der Waals surface area contributed by atoms with E-state index in [1.807, 2.05) is 0 Å². The molecule has 2 rings (SSSR count). The number of benzene rings is 2. The largest absolute Gasteiger partial charge is 0.223 e. The van der Waals surface area contributed by atoms with Crippen molar-refractivity contribution in [1.82, 2.24) is 0 Å². The van der Waals surface area contributed by atoms with Crippen molar-refractivity contribution < 1.29 is 0 Å². The van der Waals surface area contributed by atoms with Crippen molar-refractivity contribution in [1.29, 1.82) is 0 Å². The maximum absolute atomic E-state index is 2.33. The minimum Gasteiger partial charge on any atom is -0.223 e. The molecule has 0 unspecified atom stereocenters. The second-order valence-electron chi connectivity index (χ2n) is 4.35. The third-order valence-corrected chi connectivity index (χ3v) is 4.10. The molecule has 0 radical (unpaired) electrons. The van der Waals surface area contributed by atoms with Gasteiger partial charge >= 0.3 is 0 Å². The van der Waals surface area contributed by atoms with E-state index in [9.17, 15) is 0 Å². The van der Waals surface area contributed by atoms with Gasteiger partial charge in [-0.2, -0.15) is 0 Å². The van der Waals surface area contributed by atoms with Gasteiger partial charge in [0.2, 0.25) is 0 Å². The number of hydrogen-bond acceptors (Lipinski definition) is 0. The predicted molar refractivity (Wildman–Crippen MR) is 67.6 cm³/mol. The summed E-state index contributed by atoms with van der Waals surface area (Å²) in [6.07, 6.45) is 6.99. The first-order chi connectivity index (χ1) is 6.57. The van der Waals surface area contributed by atoms with Crippen molar-refractivity contribution >= 4 is 20.8 Å². The van der Waals surface area contributed by atoms with Gasteiger partial charge in [-0.15, -0.1) is 0 Å². The molecular formula is C13H16S. The summed E-state index contributed by atoms with van der Waals surface area (Å²) in [5, 5.41) is 2.69. The molecule has 0 nitrogen and oxygen atoms in total. The van der Waals surface area contributed by atoms with E-state index in [4.69, 9.17) is 0 Å². The van der Waals surface area contributed by atoms with Gasteiger partial charge in [-0.3, -0.25) is 0 Å². The van der Waals surface area contributed by atoms with Gasteiger partial charge in [-0.1, -0.05) is 30.3 Å². The average Bonchev–Trinajstić information content (AvgIpc) is 2.16. The number of fused-ring (bicyclic) bond motifs is 1. The van der Waals surface area contributed by atoms with Crippen LogP contribution in [0.25, 0.3) is 10.8 Å². The van der Waals surface area contributed by atoms with Crippen LogP contribution in [0.2, 0.25) is 0 Å². The second-order valence-corrected chi connectivity index (χ2v) is 8.49. The van der Waals surface area contributed by atoms with Crippen LogP contribution in [0, 0.1) is 0 Å². The SMILES string of the molecule is CS(C)(C)c1ccc2ccccc2c1. The molecule has 0 saturated carbocycles. The molecule has 0 aliphatic rings. The molecule has 2 aromatic carbocycles. The van der Waals surface area contributed by atoms with E-state index in [1.54, 1.807) is 0 Å². The van der Waals surface area contributed by atoms with Crippen LogP contribution in [-0.2, 0) is 0 Å². The summed E-state index contributed by atoms with van der Waals surface area (Å²) in [6, 6.07) is 15.3. The predicted octanol–water partition coefficient (Wildman–Crippen LogP) is 3.89. The summed E-state index contributed by atoms with van der Waals surface area (Å²) in [6.45, 7) is 0. The van der Waals surface area contributed by atoms with E-state index in [1.165, 1.54) is 15.7 Å². The van der Waals surface area contributed by atoms with E-state index >= 15 is 0 Å².